The Labute approximate surface area is 150 Å². The molecule has 0 amide bonds. The van der Waals surface area contributed by atoms with Crippen molar-refractivity contribution in [1.29, 1.82) is 0 Å². The van der Waals surface area contributed by atoms with E-state index < -0.39 is 10.7 Å². The van der Waals surface area contributed by atoms with Gasteiger partial charge < -0.3 is 21.3 Å². The summed E-state index contributed by atoms with van der Waals surface area (Å²) in [6, 6.07) is 7.70. The van der Waals surface area contributed by atoms with Gasteiger partial charge >= 0.3 is 5.69 Å². The van der Waals surface area contributed by atoms with E-state index in [2.05, 4.69) is 15.6 Å². The number of pyridine rings is 1. The Morgan fingerprint density at radius 3 is 2.65 bits per heavy atom. The fourth-order valence-electron chi connectivity index (χ4n) is 2.95. The molecule has 0 bridgehead atoms. The standard InChI is InChI=1S/C17H21FN6O2/c1-20-16-5-4-15(24(25)26)17(22-16)21-12-2-3-14(13(18)10-12)23-8-6-11(19)7-9-23/h2-5,10-11H,6-9,19H2,1H3,(H2,20,21,22). The summed E-state index contributed by atoms with van der Waals surface area (Å²) < 4.78 is 14.6. The van der Waals surface area contributed by atoms with Crippen LogP contribution in [0.4, 0.5) is 33.1 Å². The van der Waals surface area contributed by atoms with Crippen molar-refractivity contribution in [3.05, 3.63) is 46.3 Å². The van der Waals surface area contributed by atoms with Crippen LogP contribution in [0, 0.1) is 15.9 Å². The van der Waals surface area contributed by atoms with Gasteiger partial charge in [-0.3, -0.25) is 10.1 Å². The number of benzene rings is 1. The first-order valence-electron chi connectivity index (χ1n) is 8.38. The van der Waals surface area contributed by atoms with E-state index in [1.165, 1.54) is 18.2 Å². The third kappa shape index (κ3) is 3.83. The molecule has 0 saturated carbocycles. The van der Waals surface area contributed by atoms with Crippen LogP contribution in [0.5, 0.6) is 0 Å². The minimum atomic E-state index is -0.531. The number of hydrogen-bond donors (Lipinski definition) is 3. The summed E-state index contributed by atoms with van der Waals surface area (Å²) >= 11 is 0. The summed E-state index contributed by atoms with van der Waals surface area (Å²) in [6.45, 7) is 1.42. The first-order chi connectivity index (χ1) is 12.5. The van der Waals surface area contributed by atoms with Crippen molar-refractivity contribution in [2.24, 2.45) is 5.73 Å². The van der Waals surface area contributed by atoms with Gasteiger partial charge in [-0.1, -0.05) is 0 Å². The predicted octanol–water partition coefficient (Wildman–Crippen LogP) is 2.84. The molecule has 9 heteroatoms. The second-order valence-electron chi connectivity index (χ2n) is 6.19. The van der Waals surface area contributed by atoms with Crippen molar-refractivity contribution in [3.63, 3.8) is 0 Å². The van der Waals surface area contributed by atoms with Crippen LogP contribution in [0.15, 0.2) is 30.3 Å². The van der Waals surface area contributed by atoms with Gasteiger partial charge in [-0.15, -0.1) is 0 Å². The van der Waals surface area contributed by atoms with Gasteiger partial charge in [-0.25, -0.2) is 9.37 Å². The number of piperidine rings is 1. The monoisotopic (exact) mass is 360 g/mol. The Balaban J connectivity index is 1.83. The van der Waals surface area contributed by atoms with E-state index >= 15 is 0 Å². The van der Waals surface area contributed by atoms with Gasteiger partial charge in [-0.2, -0.15) is 0 Å². The van der Waals surface area contributed by atoms with Crippen LogP contribution >= 0.6 is 0 Å². The molecule has 26 heavy (non-hydrogen) atoms. The van der Waals surface area contributed by atoms with Gasteiger partial charge in [0, 0.05) is 37.9 Å². The van der Waals surface area contributed by atoms with Gasteiger partial charge in [-0.05, 0) is 37.1 Å². The summed E-state index contributed by atoms with van der Waals surface area (Å²) in [5.74, 6) is 0.135. The number of nitro groups is 1. The Morgan fingerprint density at radius 1 is 1.31 bits per heavy atom. The van der Waals surface area contributed by atoms with E-state index in [0.717, 1.165) is 12.8 Å². The largest absolute Gasteiger partial charge is 0.373 e. The quantitative estimate of drug-likeness (QED) is 0.555. The summed E-state index contributed by atoms with van der Waals surface area (Å²) in [4.78, 5) is 16.8. The van der Waals surface area contributed by atoms with E-state index in [4.69, 9.17) is 5.73 Å². The molecule has 4 N–H and O–H groups in total. The molecule has 0 spiro atoms. The maximum atomic E-state index is 14.6. The third-order valence-electron chi connectivity index (χ3n) is 4.42. The van der Waals surface area contributed by atoms with E-state index in [1.54, 1.807) is 19.2 Å². The van der Waals surface area contributed by atoms with Crippen molar-refractivity contribution in [2.75, 3.05) is 35.7 Å². The SMILES string of the molecule is CNc1ccc([N+](=O)[O-])c(Nc2ccc(N3CCC(N)CC3)c(F)c2)n1. The van der Waals surface area contributed by atoms with Crippen LogP contribution in [0.1, 0.15) is 12.8 Å². The van der Waals surface area contributed by atoms with Gasteiger partial charge in [0.05, 0.1) is 10.6 Å². The van der Waals surface area contributed by atoms with E-state index in [0.29, 0.717) is 30.3 Å². The lowest BCUT2D eigenvalue weighted by molar-refractivity contribution is -0.384. The van der Waals surface area contributed by atoms with E-state index in [-0.39, 0.29) is 17.5 Å². The van der Waals surface area contributed by atoms with Gasteiger partial charge in [0.15, 0.2) is 0 Å². The zero-order valence-corrected chi connectivity index (χ0v) is 14.4. The number of anilines is 4. The number of nitrogens with one attached hydrogen (secondary N) is 2. The Bertz CT molecular complexity index is 808. The molecule has 0 aliphatic carbocycles. The first kappa shape index (κ1) is 17.9. The van der Waals surface area contributed by atoms with Crippen LogP contribution in [-0.2, 0) is 0 Å². The number of nitrogens with zero attached hydrogens (tertiary/aromatic N) is 3. The molecule has 2 heterocycles. The number of hydrogen-bond acceptors (Lipinski definition) is 7. The van der Waals surface area contributed by atoms with E-state index in [1.807, 2.05) is 4.90 Å². The van der Waals surface area contributed by atoms with Gasteiger partial charge in [0.25, 0.3) is 0 Å². The van der Waals surface area contributed by atoms with Crippen molar-refractivity contribution >= 4 is 28.7 Å². The number of aromatic nitrogens is 1. The van der Waals surface area contributed by atoms with Crippen molar-refractivity contribution in [3.8, 4) is 0 Å². The maximum absolute atomic E-state index is 14.6. The molecule has 0 radical (unpaired) electrons. The number of halogens is 1. The topological polar surface area (TPSA) is 109 Å². The molecule has 138 valence electrons. The molecule has 8 nitrogen and oxygen atoms in total. The minimum absolute atomic E-state index is 0.0537. The summed E-state index contributed by atoms with van der Waals surface area (Å²) in [5.41, 5.74) is 6.61. The summed E-state index contributed by atoms with van der Waals surface area (Å²) in [7, 11) is 1.66. The molecule has 1 aliphatic rings. The van der Waals surface area contributed by atoms with Crippen LogP contribution in [0.3, 0.4) is 0 Å². The zero-order chi connectivity index (χ0) is 18.7. The molecule has 3 rings (SSSR count). The minimum Gasteiger partial charge on any atom is -0.373 e. The highest BCUT2D eigenvalue weighted by Crippen LogP contribution is 2.30. The smallest absolute Gasteiger partial charge is 0.311 e. The van der Waals surface area contributed by atoms with Crippen LogP contribution in [0.2, 0.25) is 0 Å². The number of nitrogens with two attached hydrogens (primary N) is 1. The fourth-order valence-corrected chi connectivity index (χ4v) is 2.95. The van der Waals surface area contributed by atoms with Gasteiger partial charge in [0.2, 0.25) is 5.82 Å². The van der Waals surface area contributed by atoms with Crippen molar-refractivity contribution in [2.45, 2.75) is 18.9 Å². The lowest BCUT2D eigenvalue weighted by Crippen LogP contribution is -2.40. The molecule has 1 aromatic heterocycles. The Morgan fingerprint density at radius 2 is 2.04 bits per heavy atom. The maximum Gasteiger partial charge on any atom is 0.311 e. The average molecular weight is 360 g/mol. The van der Waals surface area contributed by atoms with E-state index in [9.17, 15) is 14.5 Å². The lowest BCUT2D eigenvalue weighted by Gasteiger charge is -2.32. The summed E-state index contributed by atoms with van der Waals surface area (Å²) in [5, 5.41) is 16.8. The van der Waals surface area contributed by atoms with Crippen molar-refractivity contribution in [1.82, 2.24) is 4.98 Å². The van der Waals surface area contributed by atoms with Crippen LogP contribution in [-0.4, -0.2) is 36.1 Å². The molecular weight excluding hydrogens is 339 g/mol. The molecule has 1 saturated heterocycles. The molecule has 0 unspecified atom stereocenters. The molecule has 1 fully saturated rings. The molecule has 1 aromatic carbocycles. The Kier molecular flexibility index (Phi) is 5.17. The molecule has 0 atom stereocenters. The highest BCUT2D eigenvalue weighted by molar-refractivity contribution is 5.69. The lowest BCUT2D eigenvalue weighted by atomic mass is 10.1. The zero-order valence-electron chi connectivity index (χ0n) is 14.4. The molecular formula is C17H21FN6O2. The second kappa shape index (κ2) is 7.52. The van der Waals surface area contributed by atoms with Gasteiger partial charge in [0.1, 0.15) is 11.6 Å². The third-order valence-corrected chi connectivity index (χ3v) is 4.42. The predicted molar refractivity (Wildman–Crippen MR) is 99.5 cm³/mol. The van der Waals surface area contributed by atoms with Crippen LogP contribution < -0.4 is 21.3 Å². The highest BCUT2D eigenvalue weighted by Gasteiger charge is 2.20. The second-order valence-corrected chi connectivity index (χ2v) is 6.19. The highest BCUT2D eigenvalue weighted by atomic mass is 19.1. The summed E-state index contributed by atoms with van der Waals surface area (Å²) in [6.07, 6.45) is 1.65. The normalized spacial score (nSPS) is 15.0. The molecule has 2 aromatic rings. The number of rotatable bonds is 5. The Hall–Kier alpha value is -2.94. The first-order valence-corrected chi connectivity index (χ1v) is 8.38. The average Bonchev–Trinajstić information content (AvgIpc) is 2.62. The van der Waals surface area contributed by atoms with Crippen LogP contribution in [0.25, 0.3) is 0 Å². The van der Waals surface area contributed by atoms with Crippen molar-refractivity contribution < 1.29 is 9.31 Å². The fraction of sp³-hybridized carbons (Fsp3) is 0.353. The molecule has 1 aliphatic heterocycles.